The number of nitrogens with one attached hydrogen (secondary N) is 2. The van der Waals surface area contributed by atoms with Crippen LogP contribution in [0.3, 0.4) is 0 Å². The molecule has 0 bridgehead atoms. The molecule has 3 aromatic heterocycles. The summed E-state index contributed by atoms with van der Waals surface area (Å²) in [5.41, 5.74) is 0.237. The molecule has 1 fully saturated rings. The van der Waals surface area contributed by atoms with E-state index in [4.69, 9.17) is 4.74 Å². The Labute approximate surface area is 207 Å². The van der Waals surface area contributed by atoms with Crippen LogP contribution in [0.25, 0.3) is 0 Å². The quantitative estimate of drug-likeness (QED) is 0.314. The fourth-order valence-corrected chi connectivity index (χ4v) is 3.54. The average Bonchev–Trinajstić information content (AvgIpc) is 3.61. The predicted octanol–water partition coefficient (Wildman–Crippen LogP) is 5.16. The van der Waals surface area contributed by atoms with Gasteiger partial charge in [0, 0.05) is 24.1 Å². The van der Waals surface area contributed by atoms with E-state index in [1.165, 1.54) is 12.1 Å². The molecule has 1 saturated carbocycles. The van der Waals surface area contributed by atoms with Crippen LogP contribution in [-0.2, 0) is 5.60 Å². The number of aliphatic hydroxyl groups is 1. The number of aromatic nitrogens is 4. The normalized spacial score (nSPS) is 13.3. The topological polar surface area (TPSA) is 114 Å². The third-order valence-electron chi connectivity index (χ3n) is 5.57. The molecular weight excluding hydrogens is 463 g/mol. The fraction of sp³-hybridized carbons (Fsp3) is 0.231. The Morgan fingerprint density at radius 2 is 1.92 bits per heavy atom. The molecule has 1 aliphatic rings. The number of pyridine rings is 2. The average molecular weight is 489 g/mol. The molecule has 1 aromatic carbocycles. The zero-order valence-electron chi connectivity index (χ0n) is 19.8. The van der Waals surface area contributed by atoms with Gasteiger partial charge in [0.05, 0.1) is 23.6 Å². The number of carbonyl (C=O) groups is 1. The molecule has 4 aromatic rings. The van der Waals surface area contributed by atoms with Crippen LogP contribution >= 0.6 is 0 Å². The molecular formula is C26H25FN6O3. The predicted molar refractivity (Wildman–Crippen MR) is 132 cm³/mol. The summed E-state index contributed by atoms with van der Waals surface area (Å²) >= 11 is 0. The molecule has 0 aliphatic heterocycles. The first-order valence-corrected chi connectivity index (χ1v) is 11.5. The molecule has 10 heteroatoms. The summed E-state index contributed by atoms with van der Waals surface area (Å²) in [6.07, 6.45) is 6.79. The van der Waals surface area contributed by atoms with E-state index < -0.39 is 17.3 Å². The van der Waals surface area contributed by atoms with Gasteiger partial charge in [0.1, 0.15) is 23.0 Å². The van der Waals surface area contributed by atoms with Gasteiger partial charge in [-0.25, -0.2) is 9.37 Å². The van der Waals surface area contributed by atoms with Gasteiger partial charge in [0.25, 0.3) is 5.91 Å². The van der Waals surface area contributed by atoms with E-state index in [9.17, 15) is 14.3 Å². The van der Waals surface area contributed by atoms with Crippen molar-refractivity contribution in [2.45, 2.75) is 38.3 Å². The van der Waals surface area contributed by atoms with Gasteiger partial charge in [-0.2, -0.15) is 5.10 Å². The number of para-hydroxylation sites is 1. The minimum absolute atomic E-state index is 0.0560. The number of halogens is 1. The second-order valence-electron chi connectivity index (χ2n) is 9.08. The SMILES string of the molecule is CC(C)(O)c1cc(Nc2cc(Oc3cn(C4CC4)nc3C(=O)Nc3ccccc3F)ccn2)ccn1. The molecule has 0 atom stereocenters. The number of hydrogen-bond acceptors (Lipinski definition) is 7. The monoisotopic (exact) mass is 488 g/mol. The summed E-state index contributed by atoms with van der Waals surface area (Å²) in [5.74, 6) is 0.0644. The van der Waals surface area contributed by atoms with Crippen LogP contribution in [0, 0.1) is 5.82 Å². The smallest absolute Gasteiger partial charge is 0.280 e. The molecule has 3 heterocycles. The molecule has 0 radical (unpaired) electrons. The Hall–Kier alpha value is -4.31. The summed E-state index contributed by atoms with van der Waals surface area (Å²) in [5, 5.41) is 20.4. The first-order chi connectivity index (χ1) is 17.3. The molecule has 184 valence electrons. The van der Waals surface area contributed by atoms with Gasteiger partial charge in [0.2, 0.25) is 0 Å². The van der Waals surface area contributed by atoms with Gasteiger partial charge in [-0.15, -0.1) is 0 Å². The van der Waals surface area contributed by atoms with E-state index in [0.717, 1.165) is 12.8 Å². The van der Waals surface area contributed by atoms with Crippen LogP contribution in [0.2, 0.25) is 0 Å². The van der Waals surface area contributed by atoms with Crippen LogP contribution in [0.15, 0.2) is 67.1 Å². The number of benzene rings is 1. The second-order valence-corrected chi connectivity index (χ2v) is 9.08. The highest BCUT2D eigenvalue weighted by molar-refractivity contribution is 6.04. The highest BCUT2D eigenvalue weighted by Crippen LogP contribution is 2.37. The summed E-state index contributed by atoms with van der Waals surface area (Å²) < 4.78 is 21.8. The zero-order chi connectivity index (χ0) is 25.3. The Morgan fingerprint density at radius 1 is 1.14 bits per heavy atom. The van der Waals surface area contributed by atoms with Crippen molar-refractivity contribution in [1.29, 1.82) is 0 Å². The third kappa shape index (κ3) is 5.33. The number of ether oxygens (including phenoxy) is 1. The Balaban J connectivity index is 1.37. The van der Waals surface area contributed by atoms with Gasteiger partial charge in [-0.05, 0) is 57.0 Å². The number of rotatable bonds is 8. The number of hydrogen-bond donors (Lipinski definition) is 3. The van der Waals surface area contributed by atoms with Crippen molar-refractivity contribution in [3.63, 3.8) is 0 Å². The van der Waals surface area contributed by atoms with Crippen LogP contribution in [0.5, 0.6) is 11.5 Å². The van der Waals surface area contributed by atoms with Gasteiger partial charge >= 0.3 is 0 Å². The van der Waals surface area contributed by atoms with Gasteiger partial charge in [0.15, 0.2) is 11.4 Å². The van der Waals surface area contributed by atoms with E-state index in [2.05, 4.69) is 25.7 Å². The number of amides is 1. The van der Waals surface area contributed by atoms with Gasteiger partial charge in [-0.1, -0.05) is 12.1 Å². The maximum absolute atomic E-state index is 14.1. The Morgan fingerprint density at radius 3 is 2.67 bits per heavy atom. The minimum Gasteiger partial charge on any atom is -0.453 e. The molecule has 1 amide bonds. The van der Waals surface area contributed by atoms with E-state index >= 15 is 0 Å². The first-order valence-electron chi connectivity index (χ1n) is 11.5. The van der Waals surface area contributed by atoms with Crippen molar-refractivity contribution in [3.8, 4) is 11.5 Å². The van der Waals surface area contributed by atoms with Crippen molar-refractivity contribution in [2.24, 2.45) is 0 Å². The van der Waals surface area contributed by atoms with E-state index in [1.807, 2.05) is 0 Å². The van der Waals surface area contributed by atoms with E-state index in [-0.39, 0.29) is 23.2 Å². The lowest BCUT2D eigenvalue weighted by Crippen LogP contribution is -2.17. The lowest BCUT2D eigenvalue weighted by Gasteiger charge is -2.17. The van der Waals surface area contributed by atoms with Crippen molar-refractivity contribution >= 4 is 23.1 Å². The van der Waals surface area contributed by atoms with Gasteiger partial charge in [-0.3, -0.25) is 14.5 Å². The van der Waals surface area contributed by atoms with Crippen LogP contribution in [0.4, 0.5) is 21.6 Å². The minimum atomic E-state index is -1.09. The van der Waals surface area contributed by atoms with Crippen molar-refractivity contribution in [1.82, 2.24) is 19.7 Å². The van der Waals surface area contributed by atoms with E-state index in [0.29, 0.717) is 22.9 Å². The maximum Gasteiger partial charge on any atom is 0.280 e. The standard InChI is InChI=1S/C26H25FN6O3/c1-26(2,35)22-13-16(9-11-28-22)30-23-14-18(10-12-29-23)36-21-15-33(17-7-8-17)32-24(21)25(34)31-20-6-4-3-5-19(20)27/h3-6,9-15,17,35H,7-8H2,1-2H3,(H,31,34)(H,28,29,30). The van der Waals surface area contributed by atoms with Crippen molar-refractivity contribution in [3.05, 3.63) is 84.3 Å². The summed E-state index contributed by atoms with van der Waals surface area (Å²) in [6.45, 7) is 3.32. The highest BCUT2D eigenvalue weighted by Gasteiger charge is 2.29. The van der Waals surface area contributed by atoms with Gasteiger partial charge < -0.3 is 20.5 Å². The number of carbonyl (C=O) groups excluding carboxylic acids is 1. The second kappa shape index (κ2) is 9.38. The molecule has 1 aliphatic carbocycles. The van der Waals surface area contributed by atoms with Crippen molar-refractivity contribution < 1.29 is 19.0 Å². The lowest BCUT2D eigenvalue weighted by atomic mass is 10.0. The first kappa shape index (κ1) is 23.4. The molecule has 36 heavy (non-hydrogen) atoms. The lowest BCUT2D eigenvalue weighted by molar-refractivity contribution is 0.0739. The molecule has 0 spiro atoms. The van der Waals surface area contributed by atoms with Crippen molar-refractivity contribution in [2.75, 3.05) is 10.6 Å². The van der Waals surface area contributed by atoms with Crippen LogP contribution in [-0.4, -0.2) is 30.8 Å². The molecule has 9 nitrogen and oxygen atoms in total. The Kier molecular flexibility index (Phi) is 6.11. The summed E-state index contributed by atoms with van der Waals surface area (Å²) in [7, 11) is 0. The number of anilines is 3. The maximum atomic E-state index is 14.1. The summed E-state index contributed by atoms with van der Waals surface area (Å²) in [4.78, 5) is 21.5. The largest absolute Gasteiger partial charge is 0.453 e. The van der Waals surface area contributed by atoms with Crippen LogP contribution < -0.4 is 15.4 Å². The zero-order valence-corrected chi connectivity index (χ0v) is 19.8. The highest BCUT2D eigenvalue weighted by atomic mass is 19.1. The fourth-order valence-electron chi connectivity index (χ4n) is 3.54. The van der Waals surface area contributed by atoms with E-state index in [1.54, 1.807) is 73.5 Å². The molecule has 3 N–H and O–H groups in total. The third-order valence-corrected chi connectivity index (χ3v) is 5.57. The molecule has 5 rings (SSSR count). The molecule has 0 unspecified atom stereocenters. The van der Waals surface area contributed by atoms with Crippen LogP contribution in [0.1, 0.15) is 48.9 Å². The molecule has 0 saturated heterocycles. The number of nitrogens with zero attached hydrogens (tertiary/aromatic N) is 4. The Bertz CT molecular complexity index is 1410. The summed E-state index contributed by atoms with van der Waals surface area (Å²) in [6, 6.07) is 13.0.